The summed E-state index contributed by atoms with van der Waals surface area (Å²) in [6.07, 6.45) is 1.01. The average molecular weight is 465 g/mol. The highest BCUT2D eigenvalue weighted by molar-refractivity contribution is 7.13. The number of amides is 1. The van der Waals surface area contributed by atoms with Crippen molar-refractivity contribution in [2.75, 3.05) is 5.32 Å². The lowest BCUT2D eigenvalue weighted by molar-refractivity contribution is -0.144. The number of carbonyl (C=O) groups is 2. The Morgan fingerprint density at radius 3 is 2.56 bits per heavy atom. The molecular weight excluding hydrogens is 444 g/mol. The van der Waals surface area contributed by atoms with Crippen molar-refractivity contribution in [3.63, 3.8) is 0 Å². The lowest BCUT2D eigenvalue weighted by Gasteiger charge is -2.03. The normalized spacial score (nSPS) is 10.7. The Morgan fingerprint density at radius 2 is 1.81 bits per heavy atom. The summed E-state index contributed by atoms with van der Waals surface area (Å²) in [6.45, 7) is 2.03. The number of hydrogen-bond donors (Lipinski definition) is 1. The van der Waals surface area contributed by atoms with Crippen molar-refractivity contribution in [3.05, 3.63) is 81.2 Å². The van der Waals surface area contributed by atoms with Gasteiger partial charge in [-0.2, -0.15) is 0 Å². The van der Waals surface area contributed by atoms with Crippen molar-refractivity contribution >= 4 is 40.2 Å². The average Bonchev–Trinajstić information content (AvgIpc) is 3.49. The topological polar surface area (TPSA) is 94.1 Å². The highest BCUT2D eigenvalue weighted by Gasteiger charge is 2.15. The van der Waals surface area contributed by atoms with Gasteiger partial charge in [0.05, 0.1) is 12.1 Å². The molecule has 1 N–H and O–H groups in total. The smallest absolute Gasteiger partial charge is 0.312 e. The van der Waals surface area contributed by atoms with Crippen LogP contribution in [0.2, 0.25) is 0 Å². The Hall–Kier alpha value is -3.43. The molecule has 0 fully saturated rings. The number of carbonyl (C=O) groups excluding carboxylic acids is 2. The van der Waals surface area contributed by atoms with E-state index in [0.717, 1.165) is 28.3 Å². The van der Waals surface area contributed by atoms with Crippen LogP contribution in [0.4, 0.5) is 5.69 Å². The predicted molar refractivity (Wildman–Crippen MR) is 125 cm³/mol. The molecule has 0 aliphatic heterocycles. The summed E-state index contributed by atoms with van der Waals surface area (Å²) < 4.78 is 5.29. The molecule has 0 unspecified atom stereocenters. The third kappa shape index (κ3) is 5.63. The summed E-state index contributed by atoms with van der Waals surface area (Å²) in [6, 6.07) is 17.4. The summed E-state index contributed by atoms with van der Waals surface area (Å²) >= 11 is 2.58. The van der Waals surface area contributed by atoms with E-state index in [4.69, 9.17) is 4.74 Å². The van der Waals surface area contributed by atoms with Gasteiger partial charge >= 0.3 is 5.97 Å². The van der Waals surface area contributed by atoms with Gasteiger partial charge in [-0.15, -0.1) is 21.5 Å². The van der Waals surface area contributed by atoms with Gasteiger partial charge in [0.25, 0.3) is 5.91 Å². The Labute approximate surface area is 193 Å². The van der Waals surface area contributed by atoms with Gasteiger partial charge in [0.15, 0.2) is 5.01 Å². The zero-order valence-corrected chi connectivity index (χ0v) is 18.9. The maximum atomic E-state index is 12.4. The molecule has 1 amide bonds. The van der Waals surface area contributed by atoms with Crippen LogP contribution in [0.3, 0.4) is 0 Å². The lowest BCUT2D eigenvalue weighted by Crippen LogP contribution is -2.11. The predicted octanol–water partition coefficient (Wildman–Crippen LogP) is 4.76. The number of benzene rings is 2. The van der Waals surface area contributed by atoms with E-state index in [1.807, 2.05) is 60.0 Å². The first-order valence-electron chi connectivity index (χ1n) is 9.99. The van der Waals surface area contributed by atoms with E-state index in [2.05, 4.69) is 27.4 Å². The number of hydrogen-bond acceptors (Lipinski definition) is 8. The number of thiazole rings is 1. The van der Waals surface area contributed by atoms with Gasteiger partial charge < -0.3 is 10.1 Å². The minimum Gasteiger partial charge on any atom is -0.458 e. The fraction of sp³-hybridized carbons (Fsp3) is 0.174. The molecule has 0 radical (unpaired) electrons. The summed E-state index contributed by atoms with van der Waals surface area (Å²) in [5.41, 5.74) is 3.55. The Balaban J connectivity index is 1.27. The lowest BCUT2D eigenvalue weighted by atomic mass is 10.1. The van der Waals surface area contributed by atoms with Crippen LogP contribution >= 0.6 is 22.7 Å². The van der Waals surface area contributed by atoms with Crippen LogP contribution in [-0.2, 0) is 29.0 Å². The molecule has 2 aromatic heterocycles. The first kappa shape index (κ1) is 21.8. The highest BCUT2D eigenvalue weighted by atomic mass is 32.1. The van der Waals surface area contributed by atoms with Crippen molar-refractivity contribution in [2.24, 2.45) is 0 Å². The van der Waals surface area contributed by atoms with Crippen molar-refractivity contribution in [1.29, 1.82) is 0 Å². The molecule has 0 aliphatic rings. The zero-order valence-electron chi connectivity index (χ0n) is 17.3. The largest absolute Gasteiger partial charge is 0.458 e. The van der Waals surface area contributed by atoms with E-state index < -0.39 is 5.97 Å². The number of ether oxygens (including phenoxy) is 1. The summed E-state index contributed by atoms with van der Waals surface area (Å²) in [4.78, 5) is 29.0. The number of aromatic nitrogens is 3. The molecule has 0 aliphatic carbocycles. The third-order valence-electron chi connectivity index (χ3n) is 4.54. The number of anilines is 1. The molecule has 2 heterocycles. The van der Waals surface area contributed by atoms with Crippen molar-refractivity contribution in [1.82, 2.24) is 15.2 Å². The molecule has 9 heteroatoms. The van der Waals surface area contributed by atoms with E-state index >= 15 is 0 Å². The third-order valence-corrected chi connectivity index (χ3v) is 6.37. The minimum absolute atomic E-state index is 0.0370. The van der Waals surface area contributed by atoms with Crippen LogP contribution in [0.1, 0.15) is 33.0 Å². The molecule has 0 saturated carbocycles. The van der Waals surface area contributed by atoms with Gasteiger partial charge in [0.2, 0.25) is 5.01 Å². The molecule has 0 saturated heterocycles. The van der Waals surface area contributed by atoms with Crippen LogP contribution in [0.5, 0.6) is 0 Å². The molecule has 162 valence electrons. The summed E-state index contributed by atoms with van der Waals surface area (Å²) in [5, 5.41) is 14.0. The van der Waals surface area contributed by atoms with Gasteiger partial charge in [-0.3, -0.25) is 9.59 Å². The number of aryl methyl sites for hydroxylation is 1. The number of rotatable bonds is 8. The molecular formula is C23H20N4O3S2. The van der Waals surface area contributed by atoms with Gasteiger partial charge in [0.1, 0.15) is 11.6 Å². The number of nitrogens with zero attached hydrogens (tertiary/aromatic N) is 3. The first-order valence-corrected chi connectivity index (χ1v) is 11.7. The van der Waals surface area contributed by atoms with E-state index in [0.29, 0.717) is 16.4 Å². The molecule has 2 aromatic carbocycles. The van der Waals surface area contributed by atoms with E-state index in [1.54, 1.807) is 0 Å². The van der Waals surface area contributed by atoms with Crippen molar-refractivity contribution in [2.45, 2.75) is 26.4 Å². The SMILES string of the molecule is CCc1ccc(NC(=O)c2nnc(COC(=O)Cc3csc(-c4ccccc4)n3)s2)cc1. The van der Waals surface area contributed by atoms with Crippen molar-refractivity contribution in [3.8, 4) is 10.6 Å². The number of esters is 1. The van der Waals surface area contributed by atoms with E-state index in [1.165, 1.54) is 16.9 Å². The second-order valence-electron chi connectivity index (χ2n) is 6.85. The molecule has 7 nitrogen and oxygen atoms in total. The summed E-state index contributed by atoms with van der Waals surface area (Å²) in [7, 11) is 0. The van der Waals surface area contributed by atoms with Gasteiger partial charge in [-0.1, -0.05) is 60.7 Å². The van der Waals surface area contributed by atoms with E-state index in [9.17, 15) is 9.59 Å². The number of nitrogens with one attached hydrogen (secondary N) is 1. The summed E-state index contributed by atoms with van der Waals surface area (Å²) in [5.74, 6) is -0.757. The first-order chi connectivity index (χ1) is 15.6. The Morgan fingerprint density at radius 1 is 1.03 bits per heavy atom. The second kappa shape index (κ2) is 10.3. The molecule has 0 bridgehead atoms. The van der Waals surface area contributed by atoms with E-state index in [-0.39, 0.29) is 23.9 Å². The quantitative estimate of drug-likeness (QED) is 0.378. The second-order valence-corrected chi connectivity index (χ2v) is 8.77. The molecule has 4 rings (SSSR count). The van der Waals surface area contributed by atoms with Gasteiger partial charge in [-0.05, 0) is 24.1 Å². The van der Waals surface area contributed by atoms with Crippen LogP contribution in [0.25, 0.3) is 10.6 Å². The molecule has 4 aromatic rings. The standard InChI is InChI=1S/C23H20N4O3S2/c1-2-15-8-10-17(11-9-15)24-21(29)23-27-26-19(32-23)13-30-20(28)12-18-14-31-22(25-18)16-6-4-3-5-7-16/h3-11,14H,2,12-13H2,1H3,(H,24,29). The fourth-order valence-corrected chi connectivity index (χ4v) is 4.33. The molecule has 0 spiro atoms. The Kier molecular flexibility index (Phi) is 6.98. The minimum atomic E-state index is -0.410. The maximum Gasteiger partial charge on any atom is 0.312 e. The van der Waals surface area contributed by atoms with Gasteiger partial charge in [0, 0.05) is 16.6 Å². The Bertz CT molecular complexity index is 1200. The van der Waals surface area contributed by atoms with Crippen LogP contribution < -0.4 is 5.32 Å². The fourth-order valence-electron chi connectivity index (χ4n) is 2.85. The monoisotopic (exact) mass is 464 g/mol. The van der Waals surface area contributed by atoms with Crippen LogP contribution in [0.15, 0.2) is 60.0 Å². The molecule has 0 atom stereocenters. The van der Waals surface area contributed by atoms with Crippen molar-refractivity contribution < 1.29 is 14.3 Å². The zero-order chi connectivity index (χ0) is 22.3. The highest BCUT2D eigenvalue weighted by Crippen LogP contribution is 2.23. The van der Waals surface area contributed by atoms with Gasteiger partial charge in [-0.25, -0.2) is 4.98 Å². The maximum absolute atomic E-state index is 12.4. The molecule has 32 heavy (non-hydrogen) atoms. The van der Waals surface area contributed by atoms with Crippen LogP contribution in [-0.4, -0.2) is 27.1 Å². The van der Waals surface area contributed by atoms with Crippen LogP contribution in [0, 0.1) is 0 Å².